The summed E-state index contributed by atoms with van der Waals surface area (Å²) in [6.07, 6.45) is 0. The third-order valence-corrected chi connectivity index (χ3v) is 3.94. The molecule has 0 atom stereocenters. The van der Waals surface area contributed by atoms with Crippen molar-refractivity contribution in [3.05, 3.63) is 33.1 Å². The topological polar surface area (TPSA) is 37.3 Å². The summed E-state index contributed by atoms with van der Waals surface area (Å²) in [5.41, 5.74) is 1.46. The first-order chi connectivity index (χ1) is 6.61. The molecule has 0 saturated heterocycles. The van der Waals surface area contributed by atoms with Crippen molar-refractivity contribution in [2.45, 2.75) is 6.92 Å². The number of carboxylic acids is 1. The normalized spacial score (nSPS) is 10.7. The highest BCUT2D eigenvalue weighted by atomic mass is 79.9. The first kappa shape index (κ1) is 9.68. The van der Waals surface area contributed by atoms with E-state index in [1.807, 2.05) is 18.4 Å². The van der Waals surface area contributed by atoms with Gasteiger partial charge in [0.25, 0.3) is 0 Å². The van der Waals surface area contributed by atoms with Gasteiger partial charge in [-0.1, -0.05) is 15.9 Å². The average molecular weight is 271 g/mol. The predicted octanol–water partition coefficient (Wildman–Crippen LogP) is 3.67. The zero-order chi connectivity index (χ0) is 10.3. The minimum absolute atomic E-state index is 0.368. The molecule has 0 saturated carbocycles. The number of fused-ring (bicyclic) bond motifs is 1. The molecule has 72 valence electrons. The average Bonchev–Trinajstić information content (AvgIpc) is 2.59. The number of aryl methyl sites for hydroxylation is 1. The van der Waals surface area contributed by atoms with E-state index < -0.39 is 5.97 Å². The molecule has 0 fully saturated rings. The maximum Gasteiger partial charge on any atom is 0.337 e. The Morgan fingerprint density at radius 2 is 2.29 bits per heavy atom. The zero-order valence-corrected chi connectivity index (χ0v) is 9.78. The van der Waals surface area contributed by atoms with Crippen molar-refractivity contribution in [3.8, 4) is 0 Å². The van der Waals surface area contributed by atoms with Crippen LogP contribution in [0.5, 0.6) is 0 Å². The number of carboxylic acid groups (broad SMARTS) is 1. The molecule has 0 amide bonds. The first-order valence-corrected chi connectivity index (χ1v) is 5.68. The molecule has 0 unspecified atom stereocenters. The van der Waals surface area contributed by atoms with E-state index in [-0.39, 0.29) is 0 Å². The summed E-state index contributed by atoms with van der Waals surface area (Å²) in [6.45, 7) is 1.98. The second-order valence-electron chi connectivity index (χ2n) is 3.00. The number of hydrogen-bond donors (Lipinski definition) is 1. The second kappa shape index (κ2) is 3.37. The fourth-order valence-corrected chi connectivity index (χ4v) is 2.81. The molecule has 14 heavy (non-hydrogen) atoms. The molecule has 0 spiro atoms. The molecule has 0 aliphatic heterocycles. The molecule has 1 N–H and O–H groups in total. The fraction of sp³-hybridized carbons (Fsp3) is 0.100. The van der Waals surface area contributed by atoms with Crippen LogP contribution < -0.4 is 0 Å². The van der Waals surface area contributed by atoms with Crippen LogP contribution in [0.2, 0.25) is 0 Å². The molecule has 2 rings (SSSR count). The third kappa shape index (κ3) is 1.35. The van der Waals surface area contributed by atoms with Crippen LogP contribution in [-0.2, 0) is 0 Å². The number of thiophene rings is 1. The summed E-state index contributed by atoms with van der Waals surface area (Å²) in [5, 5.41) is 11.9. The van der Waals surface area contributed by atoms with Crippen molar-refractivity contribution in [1.82, 2.24) is 0 Å². The predicted molar refractivity (Wildman–Crippen MR) is 61.2 cm³/mol. The molecule has 0 aliphatic carbocycles. The molecule has 1 heterocycles. The number of benzene rings is 1. The van der Waals surface area contributed by atoms with Gasteiger partial charge in [-0.3, -0.25) is 0 Å². The molecular formula is C10H7BrO2S. The van der Waals surface area contributed by atoms with Crippen molar-refractivity contribution in [2.24, 2.45) is 0 Å². The highest BCUT2D eigenvalue weighted by molar-refractivity contribution is 9.10. The first-order valence-electron chi connectivity index (χ1n) is 4.01. The van der Waals surface area contributed by atoms with E-state index in [0.29, 0.717) is 5.56 Å². The standard InChI is InChI=1S/C10H7BrO2S/c1-5-6-2-3-14-9(6)7(10(12)13)4-8(5)11/h2-4H,1H3,(H,12,13). The highest BCUT2D eigenvalue weighted by Gasteiger charge is 2.13. The number of hydrogen-bond acceptors (Lipinski definition) is 2. The molecule has 1 aromatic carbocycles. The van der Waals surface area contributed by atoms with Crippen molar-refractivity contribution in [2.75, 3.05) is 0 Å². The Balaban J connectivity index is 2.91. The van der Waals surface area contributed by atoms with Gasteiger partial charge < -0.3 is 5.11 Å². The Labute approximate surface area is 93.3 Å². The maximum atomic E-state index is 11.0. The number of aromatic carboxylic acids is 1. The van der Waals surface area contributed by atoms with Crippen molar-refractivity contribution < 1.29 is 9.90 Å². The monoisotopic (exact) mass is 270 g/mol. The van der Waals surface area contributed by atoms with Crippen molar-refractivity contribution >= 4 is 43.3 Å². The Kier molecular flexibility index (Phi) is 2.33. The van der Waals surface area contributed by atoms with Crippen LogP contribution in [0, 0.1) is 6.92 Å². The minimum Gasteiger partial charge on any atom is -0.478 e. The largest absolute Gasteiger partial charge is 0.478 e. The van der Waals surface area contributed by atoms with E-state index in [9.17, 15) is 4.79 Å². The zero-order valence-electron chi connectivity index (χ0n) is 7.37. The molecule has 0 bridgehead atoms. The maximum absolute atomic E-state index is 11.0. The minimum atomic E-state index is -0.877. The summed E-state index contributed by atoms with van der Waals surface area (Å²) < 4.78 is 1.69. The SMILES string of the molecule is Cc1c(Br)cc(C(=O)O)c2sccc12. The summed E-state index contributed by atoms with van der Waals surface area (Å²) in [5.74, 6) is -0.877. The Hall–Kier alpha value is -0.870. The lowest BCUT2D eigenvalue weighted by Gasteiger charge is -2.03. The van der Waals surface area contributed by atoms with Crippen molar-refractivity contribution in [3.63, 3.8) is 0 Å². The van der Waals surface area contributed by atoms with Crippen LogP contribution in [0.15, 0.2) is 22.0 Å². The molecule has 1 aromatic heterocycles. The van der Waals surface area contributed by atoms with E-state index in [1.54, 1.807) is 6.07 Å². The van der Waals surface area contributed by atoms with Crippen molar-refractivity contribution in [1.29, 1.82) is 0 Å². The molecule has 2 nitrogen and oxygen atoms in total. The van der Waals surface area contributed by atoms with Gasteiger partial charge in [-0.25, -0.2) is 4.79 Å². The summed E-state index contributed by atoms with van der Waals surface area (Å²) >= 11 is 4.82. The van der Waals surface area contributed by atoms with Gasteiger partial charge in [0, 0.05) is 9.17 Å². The van der Waals surface area contributed by atoms with E-state index in [4.69, 9.17) is 5.11 Å². The lowest BCUT2D eigenvalue weighted by atomic mass is 10.1. The van der Waals surface area contributed by atoms with E-state index in [0.717, 1.165) is 20.1 Å². The van der Waals surface area contributed by atoms with Crippen LogP contribution in [-0.4, -0.2) is 11.1 Å². The van der Waals surface area contributed by atoms with Gasteiger partial charge in [-0.15, -0.1) is 11.3 Å². The Morgan fingerprint density at radius 1 is 1.57 bits per heavy atom. The van der Waals surface area contributed by atoms with Gasteiger partial charge in [-0.2, -0.15) is 0 Å². The Morgan fingerprint density at radius 3 is 2.93 bits per heavy atom. The quantitative estimate of drug-likeness (QED) is 0.859. The Bertz CT molecular complexity index is 516. The lowest BCUT2D eigenvalue weighted by molar-refractivity contribution is 0.0699. The molecule has 0 radical (unpaired) electrons. The van der Waals surface area contributed by atoms with E-state index >= 15 is 0 Å². The fourth-order valence-electron chi connectivity index (χ4n) is 1.40. The number of halogens is 1. The van der Waals surface area contributed by atoms with Gasteiger partial charge in [0.1, 0.15) is 0 Å². The molecule has 0 aliphatic rings. The molecular weight excluding hydrogens is 264 g/mol. The van der Waals surface area contributed by atoms with Crippen LogP contribution in [0.1, 0.15) is 15.9 Å². The van der Waals surface area contributed by atoms with Gasteiger partial charge in [0.2, 0.25) is 0 Å². The lowest BCUT2D eigenvalue weighted by Crippen LogP contribution is -1.97. The molecule has 2 aromatic rings. The second-order valence-corrected chi connectivity index (χ2v) is 4.77. The van der Waals surface area contributed by atoms with Gasteiger partial charge in [-0.05, 0) is 35.4 Å². The van der Waals surface area contributed by atoms with E-state index in [1.165, 1.54) is 11.3 Å². The van der Waals surface area contributed by atoms with Crippen LogP contribution in [0.4, 0.5) is 0 Å². The highest BCUT2D eigenvalue weighted by Crippen LogP contribution is 2.32. The summed E-state index contributed by atoms with van der Waals surface area (Å²) in [4.78, 5) is 11.0. The van der Waals surface area contributed by atoms with Crippen LogP contribution in [0.3, 0.4) is 0 Å². The number of carbonyl (C=O) groups is 1. The van der Waals surface area contributed by atoms with Gasteiger partial charge in [0.15, 0.2) is 0 Å². The summed E-state index contributed by atoms with van der Waals surface area (Å²) in [7, 11) is 0. The smallest absolute Gasteiger partial charge is 0.337 e. The molecule has 4 heteroatoms. The van der Waals surface area contributed by atoms with Gasteiger partial charge >= 0.3 is 5.97 Å². The summed E-state index contributed by atoms with van der Waals surface area (Å²) in [6, 6.07) is 3.61. The number of rotatable bonds is 1. The van der Waals surface area contributed by atoms with Crippen LogP contribution in [0.25, 0.3) is 10.1 Å². The van der Waals surface area contributed by atoms with E-state index in [2.05, 4.69) is 15.9 Å². The van der Waals surface area contributed by atoms with Crippen LogP contribution >= 0.6 is 27.3 Å². The third-order valence-electron chi connectivity index (χ3n) is 2.17. The van der Waals surface area contributed by atoms with Gasteiger partial charge in [0.05, 0.1) is 5.56 Å².